The van der Waals surface area contributed by atoms with E-state index in [9.17, 15) is 9.59 Å². The average Bonchev–Trinajstić information content (AvgIpc) is 2.86. The Morgan fingerprint density at radius 2 is 1.71 bits per heavy atom. The van der Waals surface area contributed by atoms with E-state index in [2.05, 4.69) is 5.32 Å². The number of anilines is 2. The number of halogens is 1. The van der Waals surface area contributed by atoms with Gasteiger partial charge in [-0.25, -0.2) is 0 Å². The summed E-state index contributed by atoms with van der Waals surface area (Å²) in [6.07, 6.45) is 0.226. The minimum Gasteiger partial charge on any atom is -0.493 e. The Bertz CT molecular complexity index is 1230. The Morgan fingerprint density at radius 1 is 1.00 bits per heavy atom. The van der Waals surface area contributed by atoms with Gasteiger partial charge in [0.05, 0.1) is 26.5 Å². The molecule has 1 heterocycles. The predicted molar refractivity (Wildman–Crippen MR) is 136 cm³/mol. The Morgan fingerprint density at radius 3 is 2.43 bits per heavy atom. The summed E-state index contributed by atoms with van der Waals surface area (Å²) in [5, 5.41) is 3.56. The van der Waals surface area contributed by atoms with Crippen molar-refractivity contribution in [2.75, 3.05) is 24.4 Å². The van der Waals surface area contributed by atoms with Crippen LogP contribution in [0, 0.1) is 0 Å². The van der Waals surface area contributed by atoms with E-state index >= 15 is 0 Å². The Hall–Kier alpha value is -3.71. The maximum absolute atomic E-state index is 12.9. The lowest BCUT2D eigenvalue weighted by atomic mass is 10.1. The van der Waals surface area contributed by atoms with E-state index < -0.39 is 6.10 Å². The van der Waals surface area contributed by atoms with Crippen LogP contribution in [0.2, 0.25) is 5.02 Å². The summed E-state index contributed by atoms with van der Waals surface area (Å²) in [7, 11) is 3.16. The second kappa shape index (κ2) is 10.7. The molecule has 8 heteroatoms. The number of aryl methyl sites for hydroxylation is 1. The third-order valence-electron chi connectivity index (χ3n) is 5.79. The van der Waals surface area contributed by atoms with Gasteiger partial charge in [-0.3, -0.25) is 9.59 Å². The number of ether oxygens (including phenoxy) is 3. The van der Waals surface area contributed by atoms with Crippen LogP contribution >= 0.6 is 11.6 Å². The van der Waals surface area contributed by atoms with Crippen molar-refractivity contribution >= 4 is 34.8 Å². The van der Waals surface area contributed by atoms with Crippen LogP contribution in [-0.2, 0) is 22.6 Å². The molecule has 1 unspecified atom stereocenters. The van der Waals surface area contributed by atoms with Crippen LogP contribution in [0.3, 0.4) is 0 Å². The van der Waals surface area contributed by atoms with E-state index in [-0.39, 0.29) is 18.2 Å². The number of fused-ring (bicyclic) bond motifs is 1. The molecule has 0 saturated carbocycles. The normalized spacial score (nSPS) is 14.7. The highest BCUT2D eigenvalue weighted by molar-refractivity contribution is 6.30. The quantitative estimate of drug-likeness (QED) is 0.463. The monoisotopic (exact) mass is 494 g/mol. The van der Waals surface area contributed by atoms with Gasteiger partial charge < -0.3 is 24.4 Å². The molecule has 1 aliphatic rings. The molecule has 7 nitrogen and oxygen atoms in total. The largest absolute Gasteiger partial charge is 0.493 e. The molecular weight excluding hydrogens is 468 g/mol. The van der Waals surface area contributed by atoms with Gasteiger partial charge in [-0.2, -0.15) is 0 Å². The molecule has 182 valence electrons. The molecule has 0 spiro atoms. The Kier molecular flexibility index (Phi) is 7.46. The number of nitrogens with one attached hydrogen (secondary N) is 1. The molecule has 0 radical (unpaired) electrons. The van der Waals surface area contributed by atoms with Gasteiger partial charge in [0.25, 0.3) is 5.91 Å². The zero-order valence-electron chi connectivity index (χ0n) is 19.8. The first-order valence-corrected chi connectivity index (χ1v) is 11.6. The minimum absolute atomic E-state index is 0.139. The van der Waals surface area contributed by atoms with Crippen molar-refractivity contribution < 1.29 is 23.8 Å². The van der Waals surface area contributed by atoms with Crippen molar-refractivity contribution in [1.29, 1.82) is 0 Å². The molecule has 3 aromatic rings. The first kappa shape index (κ1) is 24.4. The van der Waals surface area contributed by atoms with Crippen molar-refractivity contribution in [1.82, 2.24) is 0 Å². The van der Waals surface area contributed by atoms with Crippen molar-refractivity contribution in [3.05, 3.63) is 76.8 Å². The van der Waals surface area contributed by atoms with Crippen LogP contribution in [-0.4, -0.2) is 32.1 Å². The molecular formula is C27H27ClN2O5. The molecule has 0 aliphatic carbocycles. The lowest BCUT2D eigenvalue weighted by molar-refractivity contribution is -0.125. The van der Waals surface area contributed by atoms with E-state index in [4.69, 9.17) is 25.8 Å². The van der Waals surface area contributed by atoms with Crippen LogP contribution in [0.4, 0.5) is 11.4 Å². The van der Waals surface area contributed by atoms with Gasteiger partial charge >= 0.3 is 0 Å². The second-order valence-electron chi connectivity index (χ2n) is 8.23. The molecule has 0 saturated heterocycles. The van der Waals surface area contributed by atoms with E-state index in [0.29, 0.717) is 46.6 Å². The smallest absolute Gasteiger partial charge is 0.268 e. The van der Waals surface area contributed by atoms with Crippen molar-refractivity contribution in [3.8, 4) is 17.2 Å². The Labute approximate surface area is 209 Å². The first-order chi connectivity index (χ1) is 16.9. The topological polar surface area (TPSA) is 77.1 Å². The lowest BCUT2D eigenvalue weighted by Gasteiger charge is -2.33. The molecule has 2 amide bonds. The molecule has 0 aromatic heterocycles. The third-order valence-corrected chi connectivity index (χ3v) is 6.05. The first-order valence-electron chi connectivity index (χ1n) is 11.2. The fourth-order valence-electron chi connectivity index (χ4n) is 3.94. The highest BCUT2D eigenvalue weighted by Gasteiger charge is 2.31. The summed E-state index contributed by atoms with van der Waals surface area (Å²) in [5.41, 5.74) is 3.10. The Balaban J connectivity index is 1.47. The van der Waals surface area contributed by atoms with E-state index in [0.717, 1.165) is 11.1 Å². The van der Waals surface area contributed by atoms with Crippen molar-refractivity contribution in [2.24, 2.45) is 0 Å². The number of nitrogens with zero attached hydrogens (tertiary/aromatic N) is 1. The zero-order chi connectivity index (χ0) is 24.9. The number of carbonyl (C=O) groups is 2. The van der Waals surface area contributed by atoms with Gasteiger partial charge in [0.15, 0.2) is 17.6 Å². The number of hydrogen-bond acceptors (Lipinski definition) is 5. The summed E-state index contributed by atoms with van der Waals surface area (Å²) in [4.78, 5) is 27.3. The molecule has 35 heavy (non-hydrogen) atoms. The van der Waals surface area contributed by atoms with Gasteiger partial charge in [-0.15, -0.1) is 0 Å². The number of hydrogen-bond donors (Lipinski definition) is 1. The van der Waals surface area contributed by atoms with Gasteiger partial charge in [0.2, 0.25) is 5.91 Å². The summed E-state index contributed by atoms with van der Waals surface area (Å²) in [5.74, 6) is 1.57. The van der Waals surface area contributed by atoms with Gasteiger partial charge in [-0.05, 0) is 66.9 Å². The van der Waals surface area contributed by atoms with E-state index in [1.54, 1.807) is 56.4 Å². The molecule has 1 N–H and O–H groups in total. The highest BCUT2D eigenvalue weighted by Crippen LogP contribution is 2.37. The van der Waals surface area contributed by atoms with Crippen LogP contribution < -0.4 is 24.4 Å². The number of carbonyl (C=O) groups excluding carboxylic acids is 2. The van der Waals surface area contributed by atoms with Gasteiger partial charge in [0, 0.05) is 17.1 Å². The maximum Gasteiger partial charge on any atom is 0.268 e. The highest BCUT2D eigenvalue weighted by atomic mass is 35.5. The average molecular weight is 495 g/mol. The molecule has 4 rings (SSSR count). The number of amides is 2. The molecule has 0 bridgehead atoms. The maximum atomic E-state index is 12.9. The lowest BCUT2D eigenvalue weighted by Crippen LogP contribution is -2.44. The number of benzene rings is 3. The molecule has 1 aliphatic heterocycles. The fourth-order valence-corrected chi connectivity index (χ4v) is 4.06. The summed E-state index contributed by atoms with van der Waals surface area (Å²) in [6, 6.07) is 18.3. The van der Waals surface area contributed by atoms with Crippen LogP contribution in [0.5, 0.6) is 17.2 Å². The molecule has 1 atom stereocenters. The standard InChI is InChI=1S/C27H27ClN2O5/c1-17-27(32)30(16-19-4-8-20(28)9-5-19)22-15-21(10-12-23(22)35-17)29-26(31)13-7-18-6-11-24(33-2)25(14-18)34-3/h4-6,8-12,14-15,17H,7,13,16H2,1-3H3,(H,29,31). The summed E-state index contributed by atoms with van der Waals surface area (Å²) in [6.45, 7) is 2.09. The van der Waals surface area contributed by atoms with Crippen LogP contribution in [0.25, 0.3) is 0 Å². The van der Waals surface area contributed by atoms with Crippen molar-refractivity contribution in [2.45, 2.75) is 32.4 Å². The number of rotatable bonds is 8. The minimum atomic E-state index is -0.600. The third kappa shape index (κ3) is 5.69. The molecule has 0 fully saturated rings. The van der Waals surface area contributed by atoms with E-state index in [1.807, 2.05) is 30.3 Å². The zero-order valence-corrected chi connectivity index (χ0v) is 20.6. The molecule has 3 aromatic carbocycles. The van der Waals surface area contributed by atoms with Gasteiger partial charge in [-0.1, -0.05) is 29.8 Å². The summed E-state index contributed by atoms with van der Waals surface area (Å²) >= 11 is 6.00. The van der Waals surface area contributed by atoms with E-state index in [1.165, 1.54) is 0 Å². The van der Waals surface area contributed by atoms with Crippen molar-refractivity contribution in [3.63, 3.8) is 0 Å². The fraction of sp³-hybridized carbons (Fsp3) is 0.259. The SMILES string of the molecule is COc1ccc(CCC(=O)Nc2ccc3c(c2)N(Cc2ccc(Cl)cc2)C(=O)C(C)O3)cc1OC. The predicted octanol–water partition coefficient (Wildman–Crippen LogP) is 5.24. The summed E-state index contributed by atoms with van der Waals surface area (Å²) < 4.78 is 16.4. The van der Waals surface area contributed by atoms with Crippen LogP contribution in [0.1, 0.15) is 24.5 Å². The van der Waals surface area contributed by atoms with Gasteiger partial charge in [0.1, 0.15) is 5.75 Å². The number of methoxy groups -OCH3 is 2. The second-order valence-corrected chi connectivity index (χ2v) is 8.67. The van der Waals surface area contributed by atoms with Crippen LogP contribution in [0.15, 0.2) is 60.7 Å².